The summed E-state index contributed by atoms with van der Waals surface area (Å²) in [5, 5.41) is 25.4. The van der Waals surface area contributed by atoms with Crippen molar-refractivity contribution in [3.63, 3.8) is 0 Å². The van der Waals surface area contributed by atoms with Crippen LogP contribution >= 0.6 is 0 Å². The molecule has 3 amide bonds. The number of benzene rings is 2. The highest BCUT2D eigenvalue weighted by atomic mass is 16.4. The van der Waals surface area contributed by atoms with Crippen molar-refractivity contribution in [2.24, 2.45) is 0 Å². The van der Waals surface area contributed by atoms with E-state index in [2.05, 4.69) is 16.0 Å². The van der Waals surface area contributed by atoms with Crippen LogP contribution in [0.15, 0.2) is 54.6 Å². The fraction of sp³-hybridized carbons (Fsp3) is 0.200. The minimum absolute atomic E-state index is 0.353. The van der Waals surface area contributed by atoms with Gasteiger partial charge in [0, 0.05) is 5.69 Å². The molecule has 28 heavy (non-hydrogen) atoms. The third-order valence-corrected chi connectivity index (χ3v) is 3.93. The number of nitriles is 1. The van der Waals surface area contributed by atoms with Crippen LogP contribution in [0.5, 0.6) is 0 Å². The Hall–Kier alpha value is -3.86. The lowest BCUT2D eigenvalue weighted by atomic mass is 10.1. The normalized spacial score (nSPS) is 12.1. The summed E-state index contributed by atoms with van der Waals surface area (Å²) in [5.74, 6) is -1.82. The number of carbonyl (C=O) groups is 3. The van der Waals surface area contributed by atoms with Gasteiger partial charge in [-0.2, -0.15) is 5.26 Å². The summed E-state index contributed by atoms with van der Waals surface area (Å²) in [5.41, 5.74) is 1.69. The molecule has 144 valence electrons. The summed E-state index contributed by atoms with van der Waals surface area (Å²) in [6.07, 6.45) is -0.561. The van der Waals surface area contributed by atoms with Gasteiger partial charge in [-0.3, -0.25) is 9.59 Å². The van der Waals surface area contributed by atoms with Crippen LogP contribution in [-0.2, 0) is 9.59 Å². The number of rotatable bonds is 7. The first kappa shape index (κ1) is 20.5. The molecule has 2 atom stereocenters. The van der Waals surface area contributed by atoms with E-state index in [1.54, 1.807) is 6.92 Å². The van der Waals surface area contributed by atoms with Gasteiger partial charge in [-0.1, -0.05) is 30.3 Å². The molecule has 0 aliphatic heterocycles. The summed E-state index contributed by atoms with van der Waals surface area (Å²) < 4.78 is 0. The van der Waals surface area contributed by atoms with Gasteiger partial charge in [-0.25, -0.2) is 4.79 Å². The third-order valence-electron chi connectivity index (χ3n) is 3.93. The Morgan fingerprint density at radius 1 is 1.04 bits per heavy atom. The number of hydrogen-bond acceptors (Lipinski definition) is 4. The van der Waals surface area contributed by atoms with Crippen molar-refractivity contribution in [2.45, 2.75) is 25.4 Å². The van der Waals surface area contributed by atoms with Gasteiger partial charge in [0.2, 0.25) is 5.91 Å². The molecule has 8 nitrogen and oxygen atoms in total. The molecular formula is C20H20N4O4. The van der Waals surface area contributed by atoms with Gasteiger partial charge in [0.05, 0.1) is 24.1 Å². The molecular weight excluding hydrogens is 360 g/mol. The second-order valence-corrected chi connectivity index (χ2v) is 6.08. The van der Waals surface area contributed by atoms with Gasteiger partial charge in [0.1, 0.15) is 6.04 Å². The van der Waals surface area contributed by atoms with Crippen molar-refractivity contribution in [1.29, 1.82) is 5.26 Å². The Morgan fingerprint density at radius 2 is 1.68 bits per heavy atom. The fourth-order valence-electron chi connectivity index (χ4n) is 2.48. The molecule has 8 heteroatoms. The first-order valence-electron chi connectivity index (χ1n) is 8.54. The molecule has 0 aliphatic carbocycles. The van der Waals surface area contributed by atoms with Crippen molar-refractivity contribution < 1.29 is 19.5 Å². The van der Waals surface area contributed by atoms with Gasteiger partial charge in [0.15, 0.2) is 0 Å². The molecule has 2 rings (SSSR count). The number of nitrogens with one attached hydrogen (secondary N) is 3. The summed E-state index contributed by atoms with van der Waals surface area (Å²) in [4.78, 5) is 35.7. The van der Waals surface area contributed by atoms with Crippen molar-refractivity contribution >= 4 is 23.6 Å². The molecule has 2 unspecified atom stereocenters. The van der Waals surface area contributed by atoms with Crippen LogP contribution in [0.3, 0.4) is 0 Å². The van der Waals surface area contributed by atoms with Crippen molar-refractivity contribution in [2.75, 3.05) is 5.32 Å². The van der Waals surface area contributed by atoms with Crippen LogP contribution in [0.1, 0.15) is 30.5 Å². The summed E-state index contributed by atoms with van der Waals surface area (Å²) in [7, 11) is 0. The lowest BCUT2D eigenvalue weighted by Gasteiger charge is -2.21. The van der Waals surface area contributed by atoms with Crippen LogP contribution < -0.4 is 16.0 Å². The topological polar surface area (TPSA) is 131 Å². The minimum atomic E-state index is -1.25. The highest BCUT2D eigenvalue weighted by Gasteiger charge is 2.25. The first-order chi connectivity index (χ1) is 13.4. The van der Waals surface area contributed by atoms with E-state index in [1.807, 2.05) is 36.4 Å². The average molecular weight is 380 g/mol. The van der Waals surface area contributed by atoms with Crippen LogP contribution in [0.25, 0.3) is 0 Å². The highest BCUT2D eigenvalue weighted by molar-refractivity contribution is 5.95. The largest absolute Gasteiger partial charge is 0.481 e. The van der Waals surface area contributed by atoms with Crippen LogP contribution in [-0.4, -0.2) is 29.1 Å². The van der Waals surface area contributed by atoms with E-state index < -0.39 is 30.4 Å². The highest BCUT2D eigenvalue weighted by Crippen LogP contribution is 2.12. The molecule has 0 spiro atoms. The second kappa shape index (κ2) is 9.73. The maximum Gasteiger partial charge on any atom is 0.319 e. The van der Waals surface area contributed by atoms with Gasteiger partial charge in [-0.15, -0.1) is 0 Å². The Balaban J connectivity index is 2.01. The maximum atomic E-state index is 12.5. The molecule has 0 radical (unpaired) electrons. The number of carboxylic acid groups (broad SMARTS) is 1. The number of carbonyl (C=O) groups excluding carboxylic acids is 2. The van der Waals surface area contributed by atoms with E-state index in [9.17, 15) is 14.4 Å². The van der Waals surface area contributed by atoms with Crippen molar-refractivity contribution in [1.82, 2.24) is 10.6 Å². The van der Waals surface area contributed by atoms with E-state index in [-0.39, 0.29) is 6.04 Å². The molecule has 2 aromatic carbocycles. The Morgan fingerprint density at radius 3 is 2.25 bits per heavy atom. The predicted molar refractivity (Wildman–Crippen MR) is 102 cm³/mol. The van der Waals surface area contributed by atoms with Gasteiger partial charge >= 0.3 is 12.0 Å². The van der Waals surface area contributed by atoms with Crippen LogP contribution in [0.2, 0.25) is 0 Å². The quantitative estimate of drug-likeness (QED) is 0.586. The lowest BCUT2D eigenvalue weighted by Crippen LogP contribution is -2.49. The zero-order valence-electron chi connectivity index (χ0n) is 15.2. The molecule has 0 aliphatic rings. The Bertz CT molecular complexity index is 875. The average Bonchev–Trinajstić information content (AvgIpc) is 2.68. The number of hydrogen-bond donors (Lipinski definition) is 4. The van der Waals surface area contributed by atoms with Crippen molar-refractivity contribution in [3.8, 4) is 6.07 Å². The number of urea groups is 1. The maximum absolute atomic E-state index is 12.5. The van der Waals surface area contributed by atoms with E-state index in [4.69, 9.17) is 10.4 Å². The SMILES string of the molecule is CC(NC(=O)C(CC(=O)O)NC(=O)Nc1ccc(C#N)cc1)c1ccccc1. The monoisotopic (exact) mass is 380 g/mol. The number of carboxylic acids is 1. The molecule has 0 fully saturated rings. The van der Waals surface area contributed by atoms with E-state index in [0.717, 1.165) is 5.56 Å². The van der Waals surface area contributed by atoms with Gasteiger partial charge in [0.25, 0.3) is 0 Å². The van der Waals surface area contributed by atoms with Gasteiger partial charge in [-0.05, 0) is 36.8 Å². The zero-order chi connectivity index (χ0) is 20.5. The number of amides is 3. The molecule has 0 saturated heterocycles. The smallest absolute Gasteiger partial charge is 0.319 e. The van der Waals surface area contributed by atoms with Gasteiger partial charge < -0.3 is 21.1 Å². The van der Waals surface area contributed by atoms with Crippen molar-refractivity contribution in [3.05, 3.63) is 65.7 Å². The Labute approximate surface area is 162 Å². The third kappa shape index (κ3) is 6.14. The summed E-state index contributed by atoms with van der Waals surface area (Å²) in [6, 6.07) is 14.9. The predicted octanol–water partition coefficient (Wildman–Crippen LogP) is 2.40. The molecule has 0 aromatic heterocycles. The van der Waals surface area contributed by atoms with Crippen LogP contribution in [0.4, 0.5) is 10.5 Å². The molecule has 4 N–H and O–H groups in total. The Kier molecular flexibility index (Phi) is 7.11. The molecule has 0 heterocycles. The van der Waals surface area contributed by atoms with E-state index >= 15 is 0 Å². The standard InChI is InChI=1S/C20H20N4O4/c1-13(15-5-3-2-4-6-15)22-19(27)17(11-18(25)26)24-20(28)23-16-9-7-14(12-21)8-10-16/h2-10,13,17H,11H2,1H3,(H,22,27)(H,25,26)(H2,23,24,28). The zero-order valence-corrected chi connectivity index (χ0v) is 15.2. The number of aliphatic carboxylic acids is 1. The number of anilines is 1. The first-order valence-corrected chi connectivity index (χ1v) is 8.54. The summed E-state index contributed by atoms with van der Waals surface area (Å²) >= 11 is 0. The molecule has 2 aromatic rings. The molecule has 0 bridgehead atoms. The second-order valence-electron chi connectivity index (χ2n) is 6.08. The minimum Gasteiger partial charge on any atom is -0.481 e. The lowest BCUT2D eigenvalue weighted by molar-refractivity contribution is -0.139. The fourth-order valence-corrected chi connectivity index (χ4v) is 2.48. The molecule has 0 saturated carbocycles. The van der Waals surface area contributed by atoms with E-state index in [0.29, 0.717) is 11.3 Å². The van der Waals surface area contributed by atoms with E-state index in [1.165, 1.54) is 24.3 Å². The summed E-state index contributed by atoms with van der Waals surface area (Å²) in [6.45, 7) is 1.77. The number of nitrogens with zero attached hydrogens (tertiary/aromatic N) is 1. The van der Waals surface area contributed by atoms with Crippen LogP contribution in [0, 0.1) is 11.3 Å².